The Bertz CT molecular complexity index is 367. The zero-order valence-corrected chi connectivity index (χ0v) is 7.96. The summed E-state index contributed by atoms with van der Waals surface area (Å²) >= 11 is 0. The van der Waals surface area contributed by atoms with Gasteiger partial charge in [0, 0.05) is 6.07 Å². The molecule has 0 aliphatic rings. The maximum Gasteiger partial charge on any atom is 0.311 e. The number of phenols is 1. The number of aromatic hydroxyl groups is 1. The molecule has 15 heavy (non-hydrogen) atoms. The van der Waals surface area contributed by atoms with E-state index in [0.717, 1.165) is 6.07 Å². The van der Waals surface area contributed by atoms with Crippen LogP contribution >= 0.6 is 0 Å². The Hall–Kier alpha value is -1.66. The van der Waals surface area contributed by atoms with Crippen molar-refractivity contribution in [3.63, 3.8) is 0 Å². The molecular weight excluding hydrogens is 200 g/mol. The molecule has 6 nitrogen and oxygen atoms in total. The number of hydrogen-bond acceptors (Lipinski definition) is 5. The molecule has 0 bridgehead atoms. The second-order valence-electron chi connectivity index (χ2n) is 3.10. The first kappa shape index (κ1) is 11.4. The summed E-state index contributed by atoms with van der Waals surface area (Å²) in [6, 6.07) is 3.77. The van der Waals surface area contributed by atoms with Crippen molar-refractivity contribution in [2.75, 3.05) is 6.54 Å². The predicted molar refractivity (Wildman–Crippen MR) is 53.4 cm³/mol. The lowest BCUT2D eigenvalue weighted by Gasteiger charge is -2.09. The van der Waals surface area contributed by atoms with Crippen LogP contribution in [0.3, 0.4) is 0 Å². The van der Waals surface area contributed by atoms with Gasteiger partial charge in [-0.2, -0.15) is 0 Å². The minimum Gasteiger partial charge on any atom is -0.502 e. The molecule has 0 radical (unpaired) electrons. The summed E-state index contributed by atoms with van der Waals surface area (Å²) in [6.07, 6.45) is -0.517. The molecule has 0 unspecified atom stereocenters. The van der Waals surface area contributed by atoms with Gasteiger partial charge in [0.1, 0.15) is 0 Å². The molecular formula is C9H12N2O4. The van der Waals surface area contributed by atoms with Crippen LogP contribution in [0.5, 0.6) is 5.75 Å². The average Bonchev–Trinajstić information content (AvgIpc) is 2.18. The molecule has 0 fully saturated rings. The number of rotatable bonds is 4. The van der Waals surface area contributed by atoms with Crippen LogP contribution in [0.2, 0.25) is 0 Å². The molecule has 0 aromatic heterocycles. The van der Waals surface area contributed by atoms with Crippen LogP contribution in [0.25, 0.3) is 0 Å². The molecule has 0 amide bonds. The molecule has 0 spiro atoms. The van der Waals surface area contributed by atoms with Crippen molar-refractivity contribution in [1.29, 1.82) is 0 Å². The zero-order valence-electron chi connectivity index (χ0n) is 7.96. The van der Waals surface area contributed by atoms with E-state index in [9.17, 15) is 15.2 Å². The number of nitrogens with zero attached hydrogens (tertiary/aromatic N) is 1. The van der Waals surface area contributed by atoms with Crippen molar-refractivity contribution in [2.24, 2.45) is 5.73 Å². The molecule has 1 aromatic rings. The van der Waals surface area contributed by atoms with Crippen LogP contribution in [0.15, 0.2) is 18.2 Å². The van der Waals surface area contributed by atoms with E-state index in [1.807, 2.05) is 0 Å². The van der Waals surface area contributed by atoms with Gasteiger partial charge in [0.05, 0.1) is 11.0 Å². The standard InChI is InChI=1S/C9H12N2O4/c10-4-3-8(12)6-1-2-9(13)7(5-6)11(14)15/h1-2,5,8,12-13H,3-4,10H2/t8-/m1/s1. The minimum absolute atomic E-state index is 0.288. The first-order valence-electron chi connectivity index (χ1n) is 4.41. The smallest absolute Gasteiger partial charge is 0.311 e. The third kappa shape index (κ3) is 2.64. The van der Waals surface area contributed by atoms with Crippen LogP contribution < -0.4 is 5.73 Å². The Morgan fingerprint density at radius 3 is 2.73 bits per heavy atom. The van der Waals surface area contributed by atoms with Crippen molar-refractivity contribution in [3.05, 3.63) is 33.9 Å². The van der Waals surface area contributed by atoms with Crippen molar-refractivity contribution in [1.82, 2.24) is 0 Å². The second kappa shape index (κ2) is 4.72. The van der Waals surface area contributed by atoms with E-state index in [0.29, 0.717) is 12.0 Å². The molecule has 1 atom stereocenters. The van der Waals surface area contributed by atoms with Gasteiger partial charge in [0.15, 0.2) is 5.75 Å². The number of nitro benzene ring substituents is 1. The van der Waals surface area contributed by atoms with Crippen molar-refractivity contribution in [3.8, 4) is 5.75 Å². The van der Waals surface area contributed by atoms with Crippen LogP contribution in [0.1, 0.15) is 18.1 Å². The van der Waals surface area contributed by atoms with Crippen LogP contribution in [0, 0.1) is 10.1 Å². The van der Waals surface area contributed by atoms with Gasteiger partial charge >= 0.3 is 5.69 Å². The first-order chi connectivity index (χ1) is 7.06. The highest BCUT2D eigenvalue weighted by molar-refractivity contribution is 5.48. The highest BCUT2D eigenvalue weighted by atomic mass is 16.6. The molecule has 1 aromatic carbocycles. The monoisotopic (exact) mass is 212 g/mol. The predicted octanol–water partition coefficient (Wildman–Crippen LogP) is 0.683. The van der Waals surface area contributed by atoms with Gasteiger partial charge in [0.2, 0.25) is 0 Å². The zero-order chi connectivity index (χ0) is 11.4. The third-order valence-corrected chi connectivity index (χ3v) is 2.02. The summed E-state index contributed by atoms with van der Waals surface area (Å²) in [5, 5.41) is 29.2. The summed E-state index contributed by atoms with van der Waals surface area (Å²) < 4.78 is 0. The maximum absolute atomic E-state index is 10.5. The van der Waals surface area contributed by atoms with Crippen LogP contribution in [-0.4, -0.2) is 21.7 Å². The number of nitro groups is 1. The second-order valence-corrected chi connectivity index (χ2v) is 3.10. The van der Waals surface area contributed by atoms with Crippen molar-refractivity contribution in [2.45, 2.75) is 12.5 Å². The molecule has 0 saturated heterocycles. The molecule has 0 heterocycles. The first-order valence-corrected chi connectivity index (χ1v) is 4.41. The minimum atomic E-state index is -0.839. The Labute approximate surface area is 86.1 Å². The Kier molecular flexibility index (Phi) is 3.59. The molecule has 4 N–H and O–H groups in total. The summed E-state index contributed by atoms with van der Waals surface area (Å²) in [4.78, 5) is 9.79. The van der Waals surface area contributed by atoms with Gasteiger partial charge in [-0.15, -0.1) is 0 Å². The van der Waals surface area contributed by atoms with Gasteiger partial charge in [-0.25, -0.2) is 0 Å². The van der Waals surface area contributed by atoms with Gasteiger partial charge in [-0.05, 0) is 24.6 Å². The highest BCUT2D eigenvalue weighted by Crippen LogP contribution is 2.29. The summed E-state index contributed by atoms with van der Waals surface area (Å²) in [7, 11) is 0. The quantitative estimate of drug-likeness (QED) is 0.502. The lowest BCUT2D eigenvalue weighted by atomic mass is 10.1. The summed E-state index contributed by atoms with van der Waals surface area (Å²) in [6.45, 7) is 0.288. The number of hydrogen-bond donors (Lipinski definition) is 3. The van der Waals surface area contributed by atoms with E-state index in [-0.39, 0.29) is 6.54 Å². The molecule has 82 valence electrons. The van der Waals surface area contributed by atoms with Gasteiger partial charge in [0.25, 0.3) is 0 Å². The van der Waals surface area contributed by atoms with Gasteiger partial charge < -0.3 is 15.9 Å². The largest absolute Gasteiger partial charge is 0.502 e. The lowest BCUT2D eigenvalue weighted by Crippen LogP contribution is -2.06. The maximum atomic E-state index is 10.5. The molecule has 6 heteroatoms. The number of phenolic OH excluding ortho intramolecular Hbond substituents is 1. The number of aliphatic hydroxyl groups excluding tert-OH is 1. The topological polar surface area (TPSA) is 110 Å². The van der Waals surface area contributed by atoms with E-state index >= 15 is 0 Å². The number of benzene rings is 1. The summed E-state index contributed by atoms with van der Waals surface area (Å²) in [5.41, 5.74) is 5.22. The third-order valence-electron chi connectivity index (χ3n) is 2.02. The number of nitrogens with two attached hydrogens (primary N) is 1. The van der Waals surface area contributed by atoms with Crippen LogP contribution in [-0.2, 0) is 0 Å². The normalized spacial score (nSPS) is 12.4. The van der Waals surface area contributed by atoms with E-state index in [1.165, 1.54) is 12.1 Å². The van der Waals surface area contributed by atoms with Gasteiger partial charge in [-0.3, -0.25) is 10.1 Å². The van der Waals surface area contributed by atoms with Crippen LogP contribution in [0.4, 0.5) is 5.69 Å². The van der Waals surface area contributed by atoms with Crippen molar-refractivity contribution < 1.29 is 15.1 Å². The van der Waals surface area contributed by atoms with E-state index in [1.54, 1.807) is 0 Å². The Morgan fingerprint density at radius 1 is 1.53 bits per heavy atom. The van der Waals surface area contributed by atoms with Gasteiger partial charge in [-0.1, -0.05) is 6.07 Å². The van der Waals surface area contributed by atoms with E-state index in [4.69, 9.17) is 10.8 Å². The molecule has 1 rings (SSSR count). The number of aliphatic hydroxyl groups is 1. The fourth-order valence-electron chi connectivity index (χ4n) is 1.22. The summed E-state index contributed by atoms with van der Waals surface area (Å²) in [5.74, 6) is -0.413. The van der Waals surface area contributed by atoms with E-state index < -0.39 is 22.5 Å². The molecule has 0 aliphatic carbocycles. The SMILES string of the molecule is NCC[C@@H](O)c1ccc(O)c([N+](=O)[O-])c1. The molecule has 0 saturated carbocycles. The van der Waals surface area contributed by atoms with E-state index in [2.05, 4.69) is 0 Å². The lowest BCUT2D eigenvalue weighted by molar-refractivity contribution is -0.386. The van der Waals surface area contributed by atoms with Crippen molar-refractivity contribution >= 4 is 5.69 Å². The fourth-order valence-corrected chi connectivity index (χ4v) is 1.22. The fraction of sp³-hybridized carbons (Fsp3) is 0.333. The molecule has 0 aliphatic heterocycles. The average molecular weight is 212 g/mol. The highest BCUT2D eigenvalue weighted by Gasteiger charge is 2.16. The Balaban J connectivity index is 3.02. The Morgan fingerprint density at radius 2 is 2.20 bits per heavy atom.